The second-order valence-electron chi connectivity index (χ2n) is 7.87. The van der Waals surface area contributed by atoms with Gasteiger partial charge in [0.15, 0.2) is 35.2 Å². The molecule has 1 aliphatic heterocycles. The fourth-order valence-electron chi connectivity index (χ4n) is 3.72. The summed E-state index contributed by atoms with van der Waals surface area (Å²) in [6.07, 6.45) is -0.225. The van der Waals surface area contributed by atoms with E-state index in [9.17, 15) is 19.1 Å². The predicted octanol–water partition coefficient (Wildman–Crippen LogP) is 0.645. The molecule has 4 heterocycles. The Balaban J connectivity index is 1.35. The summed E-state index contributed by atoms with van der Waals surface area (Å²) < 4.78 is 26.6. The maximum absolute atomic E-state index is 14.8. The largest absolute Gasteiger partial charge is 0.380 e. The molecule has 180 valence electrons. The van der Waals surface area contributed by atoms with Gasteiger partial charge in [0.1, 0.15) is 0 Å². The second-order valence-corrected chi connectivity index (χ2v) is 7.87. The van der Waals surface area contributed by atoms with Gasteiger partial charge >= 0.3 is 0 Å². The van der Waals surface area contributed by atoms with E-state index in [1.807, 2.05) is 0 Å². The number of hydrogen-bond donors (Lipinski definition) is 3. The van der Waals surface area contributed by atoms with Crippen molar-refractivity contribution < 1.29 is 28.3 Å². The Morgan fingerprint density at radius 3 is 2.94 bits per heavy atom. The van der Waals surface area contributed by atoms with Crippen molar-refractivity contribution in [2.45, 2.75) is 25.2 Å². The molecule has 0 radical (unpaired) electrons. The zero-order chi connectivity index (χ0) is 24.7. The van der Waals surface area contributed by atoms with Gasteiger partial charge in [-0.3, -0.25) is 14.5 Å². The van der Waals surface area contributed by atoms with Gasteiger partial charge in [-0.15, -0.1) is 5.10 Å². The highest BCUT2D eigenvalue weighted by atomic mass is 19.1. The number of amides is 2. The van der Waals surface area contributed by atoms with Gasteiger partial charge in [0.2, 0.25) is 0 Å². The Morgan fingerprint density at radius 2 is 2.17 bits per heavy atom. The van der Waals surface area contributed by atoms with Crippen LogP contribution in [0.1, 0.15) is 6.92 Å². The van der Waals surface area contributed by atoms with Crippen molar-refractivity contribution in [2.75, 3.05) is 22.5 Å². The highest BCUT2D eigenvalue weighted by Crippen LogP contribution is 2.27. The van der Waals surface area contributed by atoms with Crippen molar-refractivity contribution in [3.05, 3.63) is 48.7 Å². The summed E-state index contributed by atoms with van der Waals surface area (Å²) in [6, 6.07) is 6.16. The third kappa shape index (κ3) is 4.15. The minimum absolute atomic E-state index is 0.0320. The molecule has 1 aliphatic rings. The Morgan fingerprint density at radius 1 is 1.34 bits per heavy atom. The van der Waals surface area contributed by atoms with Gasteiger partial charge in [-0.05, 0) is 25.1 Å². The van der Waals surface area contributed by atoms with Crippen molar-refractivity contribution in [3.8, 4) is 5.69 Å². The number of rotatable bonds is 5. The first-order valence-electron chi connectivity index (χ1n) is 10.4. The SMILES string of the molecule is C[C@H]1CN(c2nn(-c3ccnnc3)cc2F)C(=O)[C@@H](C(O)C(=O)Nc2ccc3c(N)noc3c2)O1. The summed E-state index contributed by atoms with van der Waals surface area (Å²) in [5.74, 6) is -2.57. The number of ether oxygens (including phenoxy) is 1. The molecule has 4 N–H and O–H groups in total. The van der Waals surface area contributed by atoms with Crippen molar-refractivity contribution in [1.29, 1.82) is 0 Å². The molecule has 35 heavy (non-hydrogen) atoms. The summed E-state index contributed by atoms with van der Waals surface area (Å²) >= 11 is 0. The molecule has 1 saturated heterocycles. The monoisotopic (exact) mass is 482 g/mol. The summed E-state index contributed by atoms with van der Waals surface area (Å²) in [4.78, 5) is 26.9. The quantitative estimate of drug-likeness (QED) is 0.366. The maximum Gasteiger partial charge on any atom is 0.260 e. The normalized spacial score (nSPS) is 19.2. The molecule has 13 nitrogen and oxygen atoms in total. The molecule has 0 aliphatic carbocycles. The highest BCUT2D eigenvalue weighted by Gasteiger charge is 2.43. The lowest BCUT2D eigenvalue weighted by molar-refractivity contribution is -0.156. The number of fused-ring (bicyclic) bond motifs is 1. The third-order valence-electron chi connectivity index (χ3n) is 5.39. The third-order valence-corrected chi connectivity index (χ3v) is 5.39. The number of morpholine rings is 1. The second kappa shape index (κ2) is 8.73. The minimum atomic E-state index is -1.89. The van der Waals surface area contributed by atoms with Gasteiger partial charge in [0.25, 0.3) is 11.8 Å². The molecule has 3 atom stereocenters. The smallest absolute Gasteiger partial charge is 0.260 e. The van der Waals surface area contributed by atoms with E-state index < -0.39 is 35.9 Å². The molecular weight excluding hydrogens is 463 g/mol. The molecular formula is C21H19FN8O5. The van der Waals surface area contributed by atoms with Crippen LogP contribution in [-0.4, -0.2) is 66.9 Å². The fraction of sp³-hybridized carbons (Fsp3) is 0.238. The molecule has 1 unspecified atom stereocenters. The summed E-state index contributed by atoms with van der Waals surface area (Å²) in [5.41, 5.74) is 6.72. The van der Waals surface area contributed by atoms with Crippen LogP contribution in [-0.2, 0) is 14.3 Å². The minimum Gasteiger partial charge on any atom is -0.380 e. The van der Waals surface area contributed by atoms with E-state index >= 15 is 0 Å². The number of anilines is 3. The average Bonchev–Trinajstić information content (AvgIpc) is 3.42. The molecule has 5 rings (SSSR count). The molecule has 0 spiro atoms. The van der Waals surface area contributed by atoms with E-state index in [0.29, 0.717) is 16.7 Å². The van der Waals surface area contributed by atoms with Gasteiger partial charge in [-0.25, -0.2) is 9.07 Å². The van der Waals surface area contributed by atoms with E-state index in [2.05, 4.69) is 25.8 Å². The number of nitrogens with two attached hydrogens (primary N) is 1. The number of aromatic nitrogens is 5. The van der Waals surface area contributed by atoms with E-state index in [0.717, 1.165) is 11.1 Å². The molecule has 14 heteroatoms. The first kappa shape index (κ1) is 22.4. The highest BCUT2D eigenvalue weighted by molar-refractivity contribution is 6.04. The average molecular weight is 482 g/mol. The number of aliphatic hydroxyl groups excluding tert-OH is 1. The van der Waals surface area contributed by atoms with E-state index in [1.54, 1.807) is 19.1 Å². The van der Waals surface area contributed by atoms with Crippen LogP contribution in [0.15, 0.2) is 47.4 Å². The van der Waals surface area contributed by atoms with Crippen LogP contribution in [0.2, 0.25) is 0 Å². The number of hydrogen-bond acceptors (Lipinski definition) is 10. The van der Waals surface area contributed by atoms with Crippen LogP contribution in [0.3, 0.4) is 0 Å². The summed E-state index contributed by atoms with van der Waals surface area (Å²) in [7, 11) is 0. The van der Waals surface area contributed by atoms with E-state index in [-0.39, 0.29) is 23.9 Å². The van der Waals surface area contributed by atoms with Gasteiger partial charge < -0.3 is 25.4 Å². The molecule has 0 bridgehead atoms. The van der Waals surface area contributed by atoms with Crippen molar-refractivity contribution >= 4 is 40.1 Å². The molecule has 1 aromatic carbocycles. The number of aliphatic hydroxyl groups is 1. The molecule has 4 aromatic rings. The zero-order valence-electron chi connectivity index (χ0n) is 18.2. The topological polar surface area (TPSA) is 175 Å². The predicted molar refractivity (Wildman–Crippen MR) is 119 cm³/mol. The molecule has 2 amide bonds. The number of nitrogens with one attached hydrogen (secondary N) is 1. The number of nitrogen functional groups attached to an aromatic ring is 1. The first-order valence-corrected chi connectivity index (χ1v) is 10.4. The van der Waals surface area contributed by atoms with Crippen molar-refractivity contribution in [2.24, 2.45) is 0 Å². The van der Waals surface area contributed by atoms with Crippen LogP contribution in [0.4, 0.5) is 21.7 Å². The lowest BCUT2D eigenvalue weighted by Gasteiger charge is -2.36. The fourth-order valence-corrected chi connectivity index (χ4v) is 3.72. The lowest BCUT2D eigenvalue weighted by atomic mass is 10.1. The maximum atomic E-state index is 14.8. The number of nitrogens with zero attached hydrogens (tertiary/aromatic N) is 6. The van der Waals surface area contributed by atoms with Gasteiger partial charge in [0.05, 0.1) is 42.3 Å². The summed E-state index contributed by atoms with van der Waals surface area (Å²) in [5, 5.41) is 28.9. The number of carbonyl (C=O) groups excluding carboxylic acids is 2. The lowest BCUT2D eigenvalue weighted by Crippen LogP contribution is -2.58. The number of benzene rings is 1. The Hall–Kier alpha value is -4.43. The first-order chi connectivity index (χ1) is 16.8. The van der Waals surface area contributed by atoms with Crippen LogP contribution in [0.25, 0.3) is 16.7 Å². The van der Waals surface area contributed by atoms with Crippen molar-refractivity contribution in [3.63, 3.8) is 0 Å². The Labute approximate surface area is 196 Å². The van der Waals surface area contributed by atoms with Crippen LogP contribution >= 0.6 is 0 Å². The number of carbonyl (C=O) groups is 2. The molecule has 1 fully saturated rings. The van der Waals surface area contributed by atoms with Crippen molar-refractivity contribution in [1.82, 2.24) is 25.1 Å². The van der Waals surface area contributed by atoms with Crippen LogP contribution < -0.4 is 16.0 Å². The van der Waals surface area contributed by atoms with E-state index in [4.69, 9.17) is 15.0 Å². The Kier molecular flexibility index (Phi) is 5.58. The standard InChI is InChI=1S/C21H19FN8O5/c1-10-8-29(19-14(22)9-30(27-19)12-4-5-24-25-7-12)21(33)17(34-10)16(31)20(32)26-11-2-3-13-15(6-11)35-28-18(13)23/h2-7,9-10,16-17,31H,8H2,1H3,(H2,23,28)(H,26,32)/t10-,16?,17+/m0/s1. The van der Waals surface area contributed by atoms with Gasteiger partial charge in [0, 0.05) is 11.8 Å². The molecule has 3 aromatic heterocycles. The van der Waals surface area contributed by atoms with Crippen LogP contribution in [0.5, 0.6) is 0 Å². The van der Waals surface area contributed by atoms with Gasteiger partial charge in [-0.2, -0.15) is 10.2 Å². The van der Waals surface area contributed by atoms with Crippen LogP contribution in [0, 0.1) is 5.82 Å². The van der Waals surface area contributed by atoms with E-state index in [1.165, 1.54) is 29.2 Å². The zero-order valence-corrected chi connectivity index (χ0v) is 18.2. The Bertz CT molecular complexity index is 1410. The summed E-state index contributed by atoms with van der Waals surface area (Å²) in [6.45, 7) is 1.59. The van der Waals surface area contributed by atoms with Gasteiger partial charge in [-0.1, -0.05) is 5.16 Å². The number of halogens is 1. The molecule has 0 saturated carbocycles.